The van der Waals surface area contributed by atoms with Gasteiger partial charge in [0, 0.05) is 0 Å². The molecule has 0 nitrogen and oxygen atoms in total. The third kappa shape index (κ3) is 83.9. The van der Waals surface area contributed by atoms with Crippen LogP contribution in [0.4, 0.5) is 0 Å². The van der Waals surface area contributed by atoms with E-state index in [1.54, 1.807) is 11.3 Å². The van der Waals surface area contributed by atoms with Crippen molar-refractivity contribution in [1.29, 1.82) is 0 Å². The van der Waals surface area contributed by atoms with Crippen molar-refractivity contribution in [1.82, 2.24) is 0 Å². The Bertz CT molecular complexity index is 86.1. The summed E-state index contributed by atoms with van der Waals surface area (Å²) in [4.78, 5) is 0. The van der Waals surface area contributed by atoms with E-state index in [9.17, 15) is 0 Å². The first-order valence-corrected chi connectivity index (χ1v) is 4.94. The lowest BCUT2D eigenvalue weighted by Crippen LogP contribution is -1.41. The molecule has 1 heterocycles. The van der Waals surface area contributed by atoms with E-state index in [-0.39, 0.29) is 29.7 Å². The lowest BCUT2D eigenvalue weighted by molar-refractivity contribution is 1.09. The maximum absolute atomic E-state index is 4.85. The van der Waals surface area contributed by atoms with Crippen LogP contribution in [0.2, 0.25) is 6.32 Å². The van der Waals surface area contributed by atoms with Gasteiger partial charge < -0.3 is 0 Å². The Kier molecular flexibility index (Phi) is 119. The Balaban J connectivity index is -0.0000000187. The molecule has 0 saturated heterocycles. The molecule has 0 amide bonds. The first kappa shape index (κ1) is 36.4. The maximum atomic E-state index is 4.85. The van der Waals surface area contributed by atoms with Gasteiger partial charge in [0.2, 0.25) is 0 Å². The van der Waals surface area contributed by atoms with E-state index in [4.69, 9.17) is 7.85 Å². The molecule has 15 heavy (non-hydrogen) atoms. The van der Waals surface area contributed by atoms with E-state index >= 15 is 0 Å². The van der Waals surface area contributed by atoms with Crippen molar-refractivity contribution in [2.24, 2.45) is 0 Å². The van der Waals surface area contributed by atoms with Crippen molar-refractivity contribution in [3.63, 3.8) is 0 Å². The molecule has 0 atom stereocenters. The molecule has 0 bridgehead atoms. The summed E-state index contributed by atoms with van der Waals surface area (Å²) < 4.78 is 0. The summed E-state index contributed by atoms with van der Waals surface area (Å²) in [6.07, 6.45) is 2.00. The molecular weight excluding hydrogens is 199 g/mol. The molecule has 94 valence electrons. The number of hydrogen-bond acceptors (Lipinski definition) is 1. The van der Waals surface area contributed by atoms with Crippen LogP contribution in [0.5, 0.6) is 0 Å². The predicted molar refractivity (Wildman–Crippen MR) is 83.4 cm³/mol. The number of thiophene rings is 1. The molecule has 0 unspecified atom stereocenters. The van der Waals surface area contributed by atoms with Crippen LogP contribution >= 0.6 is 11.3 Å². The number of rotatable bonds is 0. The van der Waals surface area contributed by atoms with Crippen LogP contribution in [0.15, 0.2) is 22.9 Å². The van der Waals surface area contributed by atoms with Gasteiger partial charge in [0.25, 0.3) is 0 Å². The SMILES string of the molecule is C.C.C.C.CCC.[B]CC.c1ccsc1. The molecule has 1 aromatic heterocycles. The molecule has 0 fully saturated rings. The predicted octanol–water partition coefficient (Wildman–Crippen LogP) is 6.30. The van der Waals surface area contributed by atoms with Gasteiger partial charge >= 0.3 is 0 Å². The zero-order valence-electron chi connectivity index (χ0n) is 7.71. The molecule has 0 saturated carbocycles. The van der Waals surface area contributed by atoms with Gasteiger partial charge in [-0.2, -0.15) is 11.3 Å². The summed E-state index contributed by atoms with van der Waals surface area (Å²) >= 11 is 1.71. The quantitative estimate of drug-likeness (QED) is 0.460. The molecule has 0 N–H and O–H groups in total. The van der Waals surface area contributed by atoms with Gasteiger partial charge in [-0.15, -0.1) is 0 Å². The van der Waals surface area contributed by atoms with Crippen molar-refractivity contribution in [2.45, 2.75) is 63.2 Å². The average molecular weight is 232 g/mol. The topological polar surface area (TPSA) is 0 Å². The van der Waals surface area contributed by atoms with Crippen molar-refractivity contribution in [3.8, 4) is 0 Å². The maximum Gasteiger partial charge on any atom is 0.0649 e. The minimum Gasteiger partial charge on any atom is -0.152 e. The fourth-order valence-electron chi connectivity index (χ4n) is 0.227. The second-order valence-electron chi connectivity index (χ2n) is 1.91. The van der Waals surface area contributed by atoms with Crippen molar-refractivity contribution in [3.05, 3.63) is 22.9 Å². The summed E-state index contributed by atoms with van der Waals surface area (Å²) in [5.41, 5.74) is 0. The standard InChI is InChI=1S/C4H4S.C3H8.C2H5B.4CH4/c1-2-4-5-3-1;1-3-2;1-2-3;;;;/h1-4H;3H2,1-2H3;2H2,1H3;4*1H4. The fourth-order valence-corrected chi connectivity index (χ4v) is 0.680. The monoisotopic (exact) mass is 232 g/mol. The fraction of sp³-hybridized carbons (Fsp3) is 0.692. The Morgan fingerprint density at radius 2 is 1.07 bits per heavy atom. The molecule has 0 aliphatic rings. The van der Waals surface area contributed by atoms with E-state index in [1.807, 2.05) is 29.8 Å². The van der Waals surface area contributed by atoms with E-state index in [1.165, 1.54) is 6.42 Å². The molecule has 1 aromatic rings. The Labute approximate surface area is 106 Å². The summed E-state index contributed by atoms with van der Waals surface area (Å²) in [6.45, 7) is 6.15. The second-order valence-corrected chi connectivity index (χ2v) is 2.73. The van der Waals surface area contributed by atoms with Crippen molar-refractivity contribution >= 4 is 19.2 Å². The Morgan fingerprint density at radius 1 is 0.867 bits per heavy atom. The van der Waals surface area contributed by atoms with Crippen LogP contribution in [0.25, 0.3) is 0 Å². The van der Waals surface area contributed by atoms with Crippen molar-refractivity contribution in [2.75, 3.05) is 0 Å². The minimum atomic E-state index is 0. The molecule has 2 heteroatoms. The average Bonchev–Trinajstić information content (AvgIpc) is 2.44. The van der Waals surface area contributed by atoms with Crippen molar-refractivity contribution < 1.29 is 0 Å². The molecule has 0 spiro atoms. The zero-order chi connectivity index (χ0) is 8.95. The normalized spacial score (nSPS) is 5.00. The zero-order valence-corrected chi connectivity index (χ0v) is 8.53. The number of hydrogen-bond donors (Lipinski definition) is 0. The van der Waals surface area contributed by atoms with Crippen LogP contribution in [-0.4, -0.2) is 7.85 Å². The van der Waals surface area contributed by atoms with Gasteiger partial charge in [-0.05, 0) is 10.8 Å². The first-order valence-electron chi connectivity index (χ1n) is 4.00. The second kappa shape index (κ2) is 49.0. The highest BCUT2D eigenvalue weighted by atomic mass is 32.1. The third-order valence-corrected chi connectivity index (χ3v) is 1.05. The van der Waals surface area contributed by atoms with Gasteiger partial charge in [-0.1, -0.05) is 75.4 Å². The third-order valence-electron chi connectivity index (χ3n) is 0.425. The van der Waals surface area contributed by atoms with Gasteiger partial charge in [0.15, 0.2) is 0 Å². The Hall–Kier alpha value is -0.235. The smallest absolute Gasteiger partial charge is 0.0649 e. The van der Waals surface area contributed by atoms with Crippen LogP contribution in [0, 0.1) is 0 Å². The lowest BCUT2D eigenvalue weighted by Gasteiger charge is -1.48. The van der Waals surface area contributed by atoms with Crippen LogP contribution in [-0.2, 0) is 0 Å². The summed E-state index contributed by atoms with van der Waals surface area (Å²) in [5, 5.41) is 4.08. The molecule has 0 aromatic carbocycles. The highest BCUT2D eigenvalue weighted by Gasteiger charge is 1.58. The first-order chi connectivity index (χ1) is 5.33. The largest absolute Gasteiger partial charge is 0.152 e. The van der Waals surface area contributed by atoms with Crippen LogP contribution in [0.1, 0.15) is 56.9 Å². The van der Waals surface area contributed by atoms with Gasteiger partial charge in [0.1, 0.15) is 0 Å². The van der Waals surface area contributed by atoms with E-state index in [2.05, 4.69) is 13.8 Å². The van der Waals surface area contributed by atoms with E-state index in [0.29, 0.717) is 0 Å². The summed E-state index contributed by atoms with van der Waals surface area (Å²) in [7, 11) is 4.85. The van der Waals surface area contributed by atoms with Gasteiger partial charge in [0.05, 0.1) is 7.85 Å². The minimum absolute atomic E-state index is 0. The molecule has 1 rings (SSSR count). The molecule has 0 aliphatic heterocycles. The van der Waals surface area contributed by atoms with Crippen LogP contribution in [0.3, 0.4) is 0 Å². The highest BCUT2D eigenvalue weighted by molar-refractivity contribution is 7.07. The Morgan fingerprint density at radius 3 is 1.13 bits per heavy atom. The summed E-state index contributed by atoms with van der Waals surface area (Å²) in [6, 6.07) is 4.04. The highest BCUT2D eigenvalue weighted by Crippen LogP contribution is 1.91. The molecular formula is C13H33BS. The van der Waals surface area contributed by atoms with E-state index < -0.39 is 0 Å². The van der Waals surface area contributed by atoms with Gasteiger partial charge in [-0.25, -0.2) is 0 Å². The molecule has 0 aliphatic carbocycles. The summed E-state index contributed by atoms with van der Waals surface area (Å²) in [5.74, 6) is 0. The lowest BCUT2D eigenvalue weighted by atomic mass is 10.1. The van der Waals surface area contributed by atoms with Gasteiger partial charge in [-0.3, -0.25) is 0 Å². The molecule has 2 radical (unpaired) electrons. The van der Waals surface area contributed by atoms with Crippen LogP contribution < -0.4 is 0 Å². The van der Waals surface area contributed by atoms with E-state index in [0.717, 1.165) is 6.32 Å².